The van der Waals surface area contributed by atoms with Crippen LogP contribution in [-0.2, 0) is 11.3 Å². The summed E-state index contributed by atoms with van der Waals surface area (Å²) in [7, 11) is 0. The average molecular weight is 344 g/mol. The topological polar surface area (TPSA) is 78.1 Å². The maximum Gasteiger partial charge on any atom is 0.274 e. The first-order chi connectivity index (χ1) is 12.1. The number of likely N-dealkylation sites (N-methyl/N-ethyl adjacent to an activating group) is 1. The lowest BCUT2D eigenvalue weighted by molar-refractivity contribution is -0.121. The van der Waals surface area contributed by atoms with E-state index in [2.05, 4.69) is 15.5 Å². The number of hydrogen-bond acceptors (Lipinski definition) is 3. The second kappa shape index (κ2) is 7.46. The van der Waals surface area contributed by atoms with Crippen LogP contribution in [0.2, 0.25) is 0 Å². The summed E-state index contributed by atoms with van der Waals surface area (Å²) in [6.07, 6.45) is 2.25. The number of nitrogens with one attached hydrogen (secondary N) is 2. The fraction of sp³-hybridized carbons (Fsp3) is 0.389. The van der Waals surface area contributed by atoms with E-state index in [0.29, 0.717) is 24.7 Å². The molecule has 1 aliphatic carbocycles. The van der Waals surface area contributed by atoms with E-state index in [1.54, 1.807) is 18.2 Å². The molecule has 3 rings (SSSR count). The normalized spacial score (nSPS) is 13.5. The van der Waals surface area contributed by atoms with Gasteiger partial charge in [-0.25, -0.2) is 4.39 Å². The van der Waals surface area contributed by atoms with E-state index in [9.17, 15) is 14.0 Å². The van der Waals surface area contributed by atoms with Crippen molar-refractivity contribution in [2.24, 2.45) is 0 Å². The Bertz CT molecular complexity index is 753. The molecular formula is C18H21FN4O2. The third-order valence-corrected chi connectivity index (χ3v) is 4.24. The van der Waals surface area contributed by atoms with Gasteiger partial charge in [0.1, 0.15) is 11.5 Å². The van der Waals surface area contributed by atoms with Crippen LogP contribution in [-0.4, -0.2) is 40.0 Å². The van der Waals surface area contributed by atoms with Crippen LogP contribution in [0.3, 0.4) is 0 Å². The summed E-state index contributed by atoms with van der Waals surface area (Å²) < 4.78 is 12.9. The minimum atomic E-state index is -0.317. The number of benzene rings is 1. The summed E-state index contributed by atoms with van der Waals surface area (Å²) in [5.74, 6) is -0.356. The Hall–Kier alpha value is -2.70. The van der Waals surface area contributed by atoms with E-state index in [0.717, 1.165) is 24.1 Å². The number of aromatic amines is 1. The number of rotatable bonds is 7. The molecule has 1 fully saturated rings. The molecule has 132 valence electrons. The van der Waals surface area contributed by atoms with Gasteiger partial charge in [-0.05, 0) is 43.5 Å². The van der Waals surface area contributed by atoms with Crippen molar-refractivity contribution in [1.82, 2.24) is 20.4 Å². The monoisotopic (exact) mass is 344 g/mol. The van der Waals surface area contributed by atoms with Crippen molar-refractivity contribution >= 4 is 11.8 Å². The Morgan fingerprint density at radius 2 is 2.04 bits per heavy atom. The first-order valence-corrected chi connectivity index (χ1v) is 8.42. The highest BCUT2D eigenvalue weighted by molar-refractivity contribution is 5.95. The molecular weight excluding hydrogens is 323 g/mol. The molecule has 1 heterocycles. The molecule has 0 unspecified atom stereocenters. The molecule has 2 N–H and O–H groups in total. The van der Waals surface area contributed by atoms with Gasteiger partial charge in [-0.1, -0.05) is 12.1 Å². The number of H-pyrrole nitrogens is 1. The van der Waals surface area contributed by atoms with Crippen molar-refractivity contribution in [2.75, 3.05) is 13.1 Å². The van der Waals surface area contributed by atoms with Crippen molar-refractivity contribution in [2.45, 2.75) is 32.2 Å². The third kappa shape index (κ3) is 4.43. The number of amides is 2. The minimum Gasteiger partial charge on any atom is -0.350 e. The van der Waals surface area contributed by atoms with Crippen molar-refractivity contribution in [1.29, 1.82) is 0 Å². The van der Waals surface area contributed by atoms with Crippen molar-refractivity contribution < 1.29 is 14.0 Å². The molecule has 0 radical (unpaired) electrons. The predicted molar refractivity (Wildman–Crippen MR) is 90.4 cm³/mol. The molecule has 2 aromatic rings. The summed E-state index contributed by atoms with van der Waals surface area (Å²) in [6, 6.07) is 7.69. The number of carbonyl (C=O) groups excluding carboxylic acids is 2. The van der Waals surface area contributed by atoms with Gasteiger partial charge >= 0.3 is 0 Å². The Morgan fingerprint density at radius 1 is 1.32 bits per heavy atom. The number of halogens is 1. The highest BCUT2D eigenvalue weighted by atomic mass is 19.1. The fourth-order valence-electron chi connectivity index (χ4n) is 2.57. The van der Waals surface area contributed by atoms with E-state index in [1.165, 1.54) is 17.0 Å². The van der Waals surface area contributed by atoms with Gasteiger partial charge in [0.15, 0.2) is 0 Å². The molecule has 0 atom stereocenters. The van der Waals surface area contributed by atoms with Crippen LogP contribution >= 0.6 is 0 Å². The second-order valence-electron chi connectivity index (χ2n) is 6.21. The number of nitrogens with zero attached hydrogens (tertiary/aromatic N) is 2. The molecule has 0 bridgehead atoms. The predicted octanol–water partition coefficient (Wildman–Crippen LogP) is 2.20. The van der Waals surface area contributed by atoms with Gasteiger partial charge in [-0.15, -0.1) is 0 Å². The molecule has 25 heavy (non-hydrogen) atoms. The van der Waals surface area contributed by atoms with E-state index in [-0.39, 0.29) is 24.2 Å². The molecule has 0 aliphatic heterocycles. The average Bonchev–Trinajstić information content (AvgIpc) is 3.35. The molecule has 0 spiro atoms. The summed E-state index contributed by atoms with van der Waals surface area (Å²) in [6.45, 7) is 2.48. The molecule has 6 nitrogen and oxygen atoms in total. The minimum absolute atomic E-state index is 0.0395. The van der Waals surface area contributed by atoms with Gasteiger partial charge in [0.05, 0.1) is 6.54 Å². The van der Waals surface area contributed by atoms with Crippen LogP contribution < -0.4 is 5.32 Å². The number of carbonyl (C=O) groups is 2. The van der Waals surface area contributed by atoms with Gasteiger partial charge in [0.2, 0.25) is 5.91 Å². The van der Waals surface area contributed by atoms with Crippen LogP contribution in [0.5, 0.6) is 0 Å². The van der Waals surface area contributed by atoms with Crippen LogP contribution in [0.1, 0.15) is 47.4 Å². The van der Waals surface area contributed by atoms with Gasteiger partial charge in [0, 0.05) is 24.7 Å². The van der Waals surface area contributed by atoms with Crippen LogP contribution in [0.25, 0.3) is 0 Å². The molecule has 2 amide bonds. The zero-order chi connectivity index (χ0) is 17.8. The van der Waals surface area contributed by atoms with E-state index >= 15 is 0 Å². The number of aromatic nitrogens is 2. The van der Waals surface area contributed by atoms with Crippen molar-refractivity contribution in [3.63, 3.8) is 0 Å². The standard InChI is InChI=1S/C18H21FN4O2/c1-2-23(18(25)16-9-15(21-22-16)13-5-6-13)11-17(24)20-10-12-3-7-14(19)8-4-12/h3-4,7-9,13H,2,5-6,10-11H2,1H3,(H,20,24)(H,21,22). The quantitative estimate of drug-likeness (QED) is 0.808. The van der Waals surface area contributed by atoms with E-state index in [4.69, 9.17) is 0 Å². The maximum absolute atomic E-state index is 12.9. The lowest BCUT2D eigenvalue weighted by atomic mass is 10.2. The highest BCUT2D eigenvalue weighted by Crippen LogP contribution is 2.39. The van der Waals surface area contributed by atoms with E-state index < -0.39 is 0 Å². The lowest BCUT2D eigenvalue weighted by Crippen LogP contribution is -2.40. The molecule has 7 heteroatoms. The van der Waals surface area contributed by atoms with Crippen LogP contribution in [0.4, 0.5) is 4.39 Å². The zero-order valence-electron chi connectivity index (χ0n) is 14.1. The first-order valence-electron chi connectivity index (χ1n) is 8.42. The second-order valence-corrected chi connectivity index (χ2v) is 6.21. The summed E-state index contributed by atoms with van der Waals surface area (Å²) in [5.41, 5.74) is 2.13. The highest BCUT2D eigenvalue weighted by Gasteiger charge is 2.27. The number of hydrogen-bond donors (Lipinski definition) is 2. The fourth-order valence-corrected chi connectivity index (χ4v) is 2.57. The zero-order valence-corrected chi connectivity index (χ0v) is 14.1. The molecule has 1 aromatic heterocycles. The Kier molecular flexibility index (Phi) is 5.11. The molecule has 1 aliphatic rings. The maximum atomic E-state index is 12.9. The first kappa shape index (κ1) is 17.1. The Morgan fingerprint density at radius 3 is 2.68 bits per heavy atom. The smallest absolute Gasteiger partial charge is 0.274 e. The van der Waals surface area contributed by atoms with Crippen LogP contribution in [0, 0.1) is 5.82 Å². The van der Waals surface area contributed by atoms with Gasteiger partial charge in [0.25, 0.3) is 5.91 Å². The third-order valence-electron chi connectivity index (χ3n) is 4.24. The summed E-state index contributed by atoms with van der Waals surface area (Å²) in [4.78, 5) is 26.1. The SMILES string of the molecule is CCN(CC(=O)NCc1ccc(F)cc1)C(=O)c1cc(C2CC2)[nH]n1. The van der Waals surface area contributed by atoms with Gasteiger partial charge in [-0.3, -0.25) is 14.7 Å². The largest absolute Gasteiger partial charge is 0.350 e. The van der Waals surface area contributed by atoms with Gasteiger partial charge < -0.3 is 10.2 Å². The van der Waals surface area contributed by atoms with Gasteiger partial charge in [-0.2, -0.15) is 5.10 Å². The summed E-state index contributed by atoms with van der Waals surface area (Å²) in [5, 5.41) is 9.71. The van der Waals surface area contributed by atoms with E-state index in [1.807, 2.05) is 6.92 Å². The molecule has 1 aromatic carbocycles. The Balaban J connectivity index is 1.53. The summed E-state index contributed by atoms with van der Waals surface area (Å²) >= 11 is 0. The van der Waals surface area contributed by atoms with Crippen molar-refractivity contribution in [3.8, 4) is 0 Å². The van der Waals surface area contributed by atoms with Crippen molar-refractivity contribution in [3.05, 3.63) is 53.1 Å². The Labute approximate surface area is 145 Å². The van der Waals surface area contributed by atoms with Crippen LogP contribution in [0.15, 0.2) is 30.3 Å². The molecule has 1 saturated carbocycles. The molecule has 0 saturated heterocycles. The lowest BCUT2D eigenvalue weighted by Gasteiger charge is -2.19.